The Bertz CT molecular complexity index is 577. The number of aromatic nitrogens is 3. The molecular formula is C14H17BrN4O. The van der Waals surface area contributed by atoms with Gasteiger partial charge in [-0.05, 0) is 19.4 Å². The van der Waals surface area contributed by atoms with Crippen LogP contribution in [0.1, 0.15) is 20.3 Å². The lowest BCUT2D eigenvalue weighted by Gasteiger charge is -2.09. The standard InChI is InChI=1S/C14H17BrN4O/c1-3-9-20-14-18-12(17-13(19-14)16-4-2)10-7-5-6-8-11(10)15/h5-8H,3-4,9H2,1-2H3,(H,16,17,18,19). The quantitative estimate of drug-likeness (QED) is 0.874. The Morgan fingerprint density at radius 1 is 1.15 bits per heavy atom. The summed E-state index contributed by atoms with van der Waals surface area (Å²) in [5, 5.41) is 3.10. The number of hydrogen-bond acceptors (Lipinski definition) is 5. The molecule has 6 heteroatoms. The van der Waals surface area contributed by atoms with Gasteiger partial charge in [0, 0.05) is 16.6 Å². The number of rotatable bonds is 6. The Hall–Kier alpha value is -1.69. The Kier molecular flexibility index (Phi) is 5.29. The van der Waals surface area contributed by atoms with Gasteiger partial charge in [-0.1, -0.05) is 41.1 Å². The van der Waals surface area contributed by atoms with Crippen LogP contribution >= 0.6 is 15.9 Å². The largest absolute Gasteiger partial charge is 0.463 e. The molecule has 2 aromatic rings. The van der Waals surface area contributed by atoms with Crippen molar-refractivity contribution in [3.63, 3.8) is 0 Å². The van der Waals surface area contributed by atoms with Crippen molar-refractivity contribution in [2.24, 2.45) is 0 Å². The highest BCUT2D eigenvalue weighted by molar-refractivity contribution is 9.10. The van der Waals surface area contributed by atoms with E-state index >= 15 is 0 Å². The number of anilines is 1. The molecule has 1 N–H and O–H groups in total. The lowest BCUT2D eigenvalue weighted by molar-refractivity contribution is 0.292. The lowest BCUT2D eigenvalue weighted by atomic mass is 10.2. The third-order valence-electron chi connectivity index (χ3n) is 2.50. The Morgan fingerprint density at radius 2 is 1.95 bits per heavy atom. The maximum Gasteiger partial charge on any atom is 0.321 e. The smallest absolute Gasteiger partial charge is 0.321 e. The van der Waals surface area contributed by atoms with Crippen molar-refractivity contribution >= 4 is 21.9 Å². The van der Waals surface area contributed by atoms with Crippen LogP contribution in [-0.2, 0) is 0 Å². The van der Waals surface area contributed by atoms with Crippen molar-refractivity contribution in [3.05, 3.63) is 28.7 Å². The topological polar surface area (TPSA) is 59.9 Å². The van der Waals surface area contributed by atoms with Gasteiger partial charge in [0.2, 0.25) is 5.95 Å². The van der Waals surface area contributed by atoms with Crippen LogP contribution in [0.5, 0.6) is 6.01 Å². The van der Waals surface area contributed by atoms with Crippen molar-refractivity contribution in [1.82, 2.24) is 15.0 Å². The van der Waals surface area contributed by atoms with E-state index in [1.54, 1.807) is 0 Å². The first-order chi connectivity index (χ1) is 9.74. The number of nitrogens with zero attached hydrogens (tertiary/aromatic N) is 3. The second-order valence-electron chi connectivity index (χ2n) is 4.12. The van der Waals surface area contributed by atoms with Crippen LogP contribution in [-0.4, -0.2) is 28.1 Å². The van der Waals surface area contributed by atoms with Gasteiger partial charge in [-0.15, -0.1) is 0 Å². The second kappa shape index (κ2) is 7.19. The molecule has 0 amide bonds. The Labute approximate surface area is 127 Å². The second-order valence-corrected chi connectivity index (χ2v) is 4.98. The summed E-state index contributed by atoms with van der Waals surface area (Å²) in [5.41, 5.74) is 0.912. The molecule has 0 aliphatic carbocycles. The number of halogens is 1. The average molecular weight is 337 g/mol. The van der Waals surface area contributed by atoms with Crippen LogP contribution in [0.4, 0.5) is 5.95 Å². The third-order valence-corrected chi connectivity index (χ3v) is 3.19. The van der Waals surface area contributed by atoms with Crippen LogP contribution in [0, 0.1) is 0 Å². The Morgan fingerprint density at radius 3 is 2.65 bits per heavy atom. The number of hydrogen-bond donors (Lipinski definition) is 1. The van der Waals surface area contributed by atoms with E-state index < -0.39 is 0 Å². The predicted octanol–water partition coefficient (Wildman–Crippen LogP) is 3.52. The summed E-state index contributed by atoms with van der Waals surface area (Å²) < 4.78 is 6.47. The molecule has 0 radical (unpaired) electrons. The molecule has 0 saturated carbocycles. The minimum atomic E-state index is 0.351. The molecule has 106 valence electrons. The van der Waals surface area contributed by atoms with Crippen LogP contribution in [0.25, 0.3) is 11.4 Å². The first-order valence-electron chi connectivity index (χ1n) is 6.62. The monoisotopic (exact) mass is 336 g/mol. The Balaban J connectivity index is 2.40. The van der Waals surface area contributed by atoms with Gasteiger partial charge < -0.3 is 10.1 Å². The zero-order valence-corrected chi connectivity index (χ0v) is 13.1. The third kappa shape index (κ3) is 3.66. The van der Waals surface area contributed by atoms with E-state index in [-0.39, 0.29) is 0 Å². The van der Waals surface area contributed by atoms with Crippen molar-refractivity contribution < 1.29 is 4.74 Å². The fraction of sp³-hybridized carbons (Fsp3) is 0.357. The fourth-order valence-corrected chi connectivity index (χ4v) is 2.08. The zero-order valence-electron chi connectivity index (χ0n) is 11.6. The number of ether oxygens (including phenoxy) is 1. The normalized spacial score (nSPS) is 10.3. The van der Waals surface area contributed by atoms with E-state index in [1.807, 2.05) is 38.1 Å². The summed E-state index contributed by atoms with van der Waals surface area (Å²) in [5.74, 6) is 1.12. The highest BCUT2D eigenvalue weighted by Crippen LogP contribution is 2.26. The molecule has 0 aliphatic heterocycles. The molecule has 1 aromatic heterocycles. The van der Waals surface area contributed by atoms with Gasteiger partial charge in [0.25, 0.3) is 0 Å². The first-order valence-corrected chi connectivity index (χ1v) is 7.41. The van der Waals surface area contributed by atoms with Crippen LogP contribution < -0.4 is 10.1 Å². The van der Waals surface area contributed by atoms with Gasteiger partial charge in [-0.25, -0.2) is 0 Å². The van der Waals surface area contributed by atoms with E-state index in [9.17, 15) is 0 Å². The van der Waals surface area contributed by atoms with Gasteiger partial charge in [-0.2, -0.15) is 15.0 Å². The maximum absolute atomic E-state index is 5.53. The molecule has 0 aliphatic rings. The summed E-state index contributed by atoms with van der Waals surface area (Å²) in [6.45, 7) is 5.37. The van der Waals surface area contributed by atoms with Gasteiger partial charge in [0.15, 0.2) is 5.82 Å². The fourth-order valence-electron chi connectivity index (χ4n) is 1.61. The molecule has 0 fully saturated rings. The number of nitrogens with one attached hydrogen (secondary N) is 1. The molecular weight excluding hydrogens is 320 g/mol. The first kappa shape index (κ1) is 14.7. The van der Waals surface area contributed by atoms with Crippen molar-refractivity contribution in [2.45, 2.75) is 20.3 Å². The summed E-state index contributed by atoms with van der Waals surface area (Å²) >= 11 is 3.51. The molecule has 0 saturated heterocycles. The minimum Gasteiger partial charge on any atom is -0.463 e. The van der Waals surface area contributed by atoms with E-state index in [2.05, 4.69) is 36.2 Å². The van der Waals surface area contributed by atoms with Crippen molar-refractivity contribution in [1.29, 1.82) is 0 Å². The summed E-state index contributed by atoms with van der Waals surface area (Å²) in [4.78, 5) is 13.0. The van der Waals surface area contributed by atoms with Crippen molar-refractivity contribution in [2.75, 3.05) is 18.5 Å². The van der Waals surface area contributed by atoms with Crippen molar-refractivity contribution in [3.8, 4) is 17.4 Å². The van der Waals surface area contributed by atoms with E-state index in [4.69, 9.17) is 4.74 Å². The highest BCUT2D eigenvalue weighted by atomic mass is 79.9. The SMILES string of the molecule is CCCOc1nc(NCC)nc(-c2ccccc2Br)n1. The highest BCUT2D eigenvalue weighted by Gasteiger charge is 2.11. The van der Waals surface area contributed by atoms with Gasteiger partial charge >= 0.3 is 6.01 Å². The summed E-state index contributed by atoms with van der Waals surface area (Å²) in [7, 11) is 0. The minimum absolute atomic E-state index is 0.351. The number of benzene rings is 1. The molecule has 0 unspecified atom stereocenters. The molecule has 0 atom stereocenters. The van der Waals surface area contributed by atoms with Gasteiger partial charge in [0.05, 0.1) is 6.61 Å². The molecule has 2 rings (SSSR count). The molecule has 1 heterocycles. The summed E-state index contributed by atoms with van der Waals surface area (Å²) in [6.07, 6.45) is 0.909. The van der Waals surface area contributed by atoms with E-state index in [0.29, 0.717) is 24.4 Å². The van der Waals surface area contributed by atoms with Gasteiger partial charge in [0.1, 0.15) is 0 Å². The van der Waals surface area contributed by atoms with Gasteiger partial charge in [-0.3, -0.25) is 0 Å². The average Bonchev–Trinajstić information content (AvgIpc) is 2.46. The summed E-state index contributed by atoms with van der Waals surface area (Å²) in [6, 6.07) is 8.17. The molecule has 0 bridgehead atoms. The molecule has 0 spiro atoms. The van der Waals surface area contributed by atoms with E-state index in [0.717, 1.165) is 23.0 Å². The van der Waals surface area contributed by atoms with Crippen LogP contribution in [0.2, 0.25) is 0 Å². The lowest BCUT2D eigenvalue weighted by Crippen LogP contribution is -2.08. The van der Waals surface area contributed by atoms with Crippen LogP contribution in [0.3, 0.4) is 0 Å². The zero-order chi connectivity index (χ0) is 14.4. The molecule has 1 aromatic carbocycles. The molecule has 5 nitrogen and oxygen atoms in total. The van der Waals surface area contributed by atoms with Crippen LogP contribution in [0.15, 0.2) is 28.7 Å². The predicted molar refractivity (Wildman–Crippen MR) is 82.9 cm³/mol. The maximum atomic E-state index is 5.53. The molecule has 20 heavy (non-hydrogen) atoms. The van der Waals surface area contributed by atoms with E-state index in [1.165, 1.54) is 0 Å².